The van der Waals surface area contributed by atoms with Gasteiger partial charge in [-0.15, -0.1) is 0 Å². The highest BCUT2D eigenvalue weighted by atomic mass is 19.1. The second-order valence-electron chi connectivity index (χ2n) is 10.0. The van der Waals surface area contributed by atoms with Crippen LogP contribution in [0.2, 0.25) is 0 Å². The van der Waals surface area contributed by atoms with Crippen LogP contribution in [0.15, 0.2) is 66.9 Å². The van der Waals surface area contributed by atoms with Crippen LogP contribution in [-0.2, 0) is 22.4 Å². The number of benzene rings is 3. The van der Waals surface area contributed by atoms with Crippen molar-refractivity contribution in [1.29, 1.82) is 0 Å². The van der Waals surface area contributed by atoms with Crippen LogP contribution in [0, 0.1) is 18.2 Å². The van der Waals surface area contributed by atoms with E-state index >= 15 is 0 Å². The summed E-state index contributed by atoms with van der Waals surface area (Å²) in [4.78, 5) is 22.5. The molecule has 1 unspecified atom stereocenters. The van der Waals surface area contributed by atoms with E-state index < -0.39 is 11.9 Å². The van der Waals surface area contributed by atoms with Crippen LogP contribution in [0.1, 0.15) is 11.1 Å². The van der Waals surface area contributed by atoms with Crippen molar-refractivity contribution in [3.05, 3.63) is 101 Å². The van der Waals surface area contributed by atoms with Crippen molar-refractivity contribution < 1.29 is 32.9 Å². The Morgan fingerprint density at radius 1 is 1.05 bits per heavy atom. The van der Waals surface area contributed by atoms with E-state index in [1.807, 2.05) is 0 Å². The summed E-state index contributed by atoms with van der Waals surface area (Å²) in [6.07, 6.45) is 0.754. The monoisotopic (exact) mass is 573 g/mol. The van der Waals surface area contributed by atoms with Crippen molar-refractivity contribution in [3.63, 3.8) is 0 Å². The molecule has 42 heavy (non-hydrogen) atoms. The van der Waals surface area contributed by atoms with Gasteiger partial charge in [0.1, 0.15) is 47.4 Å². The Morgan fingerprint density at radius 2 is 1.83 bits per heavy atom. The third-order valence-corrected chi connectivity index (χ3v) is 6.86. The molecule has 4 aromatic rings. The zero-order valence-electron chi connectivity index (χ0n) is 22.8. The van der Waals surface area contributed by atoms with Gasteiger partial charge in [0, 0.05) is 50.1 Å². The highest BCUT2D eigenvalue weighted by molar-refractivity contribution is 5.91. The fourth-order valence-electron chi connectivity index (χ4n) is 4.72. The molecule has 0 amide bonds. The molecule has 1 aliphatic heterocycles. The third-order valence-electron chi connectivity index (χ3n) is 6.86. The molecule has 3 aromatic carbocycles. The number of carbonyl (C=O) groups is 1. The Hall–Kier alpha value is -4.43. The molecule has 1 aromatic heterocycles. The maximum atomic E-state index is 14.9. The number of pyridine rings is 1. The Bertz CT molecular complexity index is 1600. The number of nitrogens with zero attached hydrogens (tertiary/aromatic N) is 3. The van der Waals surface area contributed by atoms with Crippen LogP contribution in [0.25, 0.3) is 15.7 Å². The smallest absolute Gasteiger partial charge is 0.229 e. The zero-order chi connectivity index (χ0) is 29.5. The van der Waals surface area contributed by atoms with Crippen molar-refractivity contribution in [2.45, 2.75) is 18.9 Å². The maximum Gasteiger partial charge on any atom is 0.229 e. The average Bonchev–Trinajstić information content (AvgIpc) is 2.99. The highest BCUT2D eigenvalue weighted by Crippen LogP contribution is 2.37. The summed E-state index contributed by atoms with van der Waals surface area (Å²) in [5.41, 5.74) is 1.60. The van der Waals surface area contributed by atoms with Gasteiger partial charge in [-0.3, -0.25) is 14.7 Å². The molecule has 0 bridgehead atoms. The molecule has 8 nitrogen and oxygen atoms in total. The number of hydrogen-bond donors (Lipinski definition) is 1. The minimum absolute atomic E-state index is 0.0135. The Labute approximate surface area is 241 Å². The Morgan fingerprint density at radius 3 is 2.57 bits per heavy atom. The van der Waals surface area contributed by atoms with Gasteiger partial charge in [-0.05, 0) is 47.5 Å². The quantitative estimate of drug-likeness (QED) is 0.244. The van der Waals surface area contributed by atoms with Crippen LogP contribution in [0.3, 0.4) is 0 Å². The van der Waals surface area contributed by atoms with Gasteiger partial charge in [-0.2, -0.15) is 0 Å². The summed E-state index contributed by atoms with van der Waals surface area (Å²) >= 11 is 0. The number of β-amino-alcohol motifs (C(OH)–C–C–N with tert-alkyl or cyclic N) is 1. The topological polar surface area (TPSA) is 85.5 Å². The molecule has 1 aliphatic rings. The summed E-state index contributed by atoms with van der Waals surface area (Å²) in [5.74, 6) is -0.305. The molecule has 1 fully saturated rings. The maximum absolute atomic E-state index is 14.9. The number of morpholine rings is 1. The summed E-state index contributed by atoms with van der Waals surface area (Å²) in [5, 5.41) is 11.0. The van der Waals surface area contributed by atoms with E-state index in [2.05, 4.69) is 14.7 Å². The molecule has 2 heterocycles. The van der Waals surface area contributed by atoms with E-state index in [0.717, 1.165) is 13.1 Å². The van der Waals surface area contributed by atoms with Gasteiger partial charge in [0.2, 0.25) is 5.69 Å². The number of Topliss-reactive ketones (excluding diaryl/α,β-unsaturated/α-hetero) is 1. The highest BCUT2D eigenvalue weighted by Gasteiger charge is 2.18. The predicted molar refractivity (Wildman–Crippen MR) is 152 cm³/mol. The van der Waals surface area contributed by atoms with Crippen molar-refractivity contribution in [2.75, 3.05) is 39.5 Å². The summed E-state index contributed by atoms with van der Waals surface area (Å²) in [7, 11) is 0. The van der Waals surface area contributed by atoms with E-state index in [4.69, 9.17) is 20.8 Å². The lowest BCUT2D eigenvalue weighted by Crippen LogP contribution is -2.42. The number of carbonyl (C=O) groups excluding carboxylic acids is 1. The SMILES string of the molecule is [C-]#[N+]c1cc2c(Oc3ccc(CC(=O)Cc4ccc(F)cc4)c(F)c3)ccnc2cc1OCC(O)CN1CCOCC1. The first-order chi connectivity index (χ1) is 20.4. The van der Waals surface area contributed by atoms with Crippen molar-refractivity contribution in [3.8, 4) is 17.2 Å². The average molecular weight is 574 g/mol. The van der Waals surface area contributed by atoms with Gasteiger partial charge >= 0.3 is 0 Å². The Balaban J connectivity index is 1.26. The van der Waals surface area contributed by atoms with E-state index in [0.29, 0.717) is 47.7 Å². The molecule has 0 saturated carbocycles. The number of aromatic nitrogens is 1. The normalized spacial score (nSPS) is 14.3. The predicted octanol–water partition coefficient (Wildman–Crippen LogP) is 5.28. The molecule has 1 N–H and O–H groups in total. The number of aliphatic hydroxyl groups excluding tert-OH is 1. The minimum atomic E-state index is -0.740. The van der Waals surface area contributed by atoms with Crippen LogP contribution >= 0.6 is 0 Å². The van der Waals surface area contributed by atoms with E-state index in [9.17, 15) is 18.7 Å². The largest absolute Gasteiger partial charge is 0.502 e. The van der Waals surface area contributed by atoms with Gasteiger partial charge < -0.3 is 19.3 Å². The molecule has 0 aliphatic carbocycles. The first kappa shape index (κ1) is 29.1. The lowest BCUT2D eigenvalue weighted by atomic mass is 10.0. The summed E-state index contributed by atoms with van der Waals surface area (Å²) in [6, 6.07) is 14.7. The second kappa shape index (κ2) is 13.5. The van der Waals surface area contributed by atoms with Crippen LogP contribution < -0.4 is 9.47 Å². The molecule has 10 heteroatoms. The van der Waals surface area contributed by atoms with Crippen LogP contribution in [0.4, 0.5) is 14.5 Å². The molecule has 5 rings (SSSR count). The number of hydrogen-bond acceptors (Lipinski definition) is 7. The van der Waals surface area contributed by atoms with E-state index in [-0.39, 0.29) is 48.0 Å². The number of ketones is 1. The van der Waals surface area contributed by atoms with Crippen LogP contribution in [-0.4, -0.2) is 66.3 Å². The zero-order valence-corrected chi connectivity index (χ0v) is 22.8. The molecule has 1 saturated heterocycles. The van der Waals surface area contributed by atoms with Crippen LogP contribution in [0.5, 0.6) is 17.2 Å². The van der Waals surface area contributed by atoms with Crippen molar-refractivity contribution in [2.24, 2.45) is 0 Å². The number of ether oxygens (including phenoxy) is 3. The van der Waals surface area contributed by atoms with E-state index in [1.165, 1.54) is 42.6 Å². The molecule has 0 spiro atoms. The third kappa shape index (κ3) is 7.44. The fraction of sp³-hybridized carbons (Fsp3) is 0.281. The number of rotatable bonds is 11. The molecule has 1 atom stereocenters. The fourth-order valence-corrected chi connectivity index (χ4v) is 4.72. The van der Waals surface area contributed by atoms with Crippen molar-refractivity contribution in [1.82, 2.24) is 9.88 Å². The van der Waals surface area contributed by atoms with Gasteiger partial charge in [0.25, 0.3) is 0 Å². The summed E-state index contributed by atoms with van der Waals surface area (Å²) in [6.45, 7) is 10.8. The van der Waals surface area contributed by atoms with E-state index in [1.54, 1.807) is 24.3 Å². The first-order valence-electron chi connectivity index (χ1n) is 13.5. The Kier molecular flexibility index (Phi) is 9.34. The molecule has 0 radical (unpaired) electrons. The van der Waals surface area contributed by atoms with Gasteiger partial charge in [-0.25, -0.2) is 13.6 Å². The molecular weight excluding hydrogens is 544 g/mol. The molecule has 216 valence electrons. The van der Waals surface area contributed by atoms with Crippen molar-refractivity contribution >= 4 is 22.4 Å². The van der Waals surface area contributed by atoms with Gasteiger partial charge in [-0.1, -0.05) is 18.2 Å². The number of fused-ring (bicyclic) bond motifs is 1. The lowest BCUT2D eigenvalue weighted by molar-refractivity contribution is -0.117. The number of aliphatic hydroxyl groups is 1. The second-order valence-corrected chi connectivity index (χ2v) is 10.0. The lowest BCUT2D eigenvalue weighted by Gasteiger charge is -2.28. The number of halogens is 2. The molecular formula is C32H29F2N3O5. The minimum Gasteiger partial charge on any atom is -0.502 e. The van der Waals surface area contributed by atoms with Gasteiger partial charge in [0.05, 0.1) is 25.3 Å². The van der Waals surface area contributed by atoms with Gasteiger partial charge in [0.15, 0.2) is 0 Å². The first-order valence-corrected chi connectivity index (χ1v) is 13.5. The summed E-state index contributed by atoms with van der Waals surface area (Å²) < 4.78 is 45.1. The standard InChI is InChI=1S/C32H29F2N3O5/c1-35-30-17-27-29(18-32(30)41-20-25(39)19-37-10-12-40-13-11-37)36-9-8-31(27)42-26-7-4-22(28(34)16-26)15-24(38)14-21-2-5-23(33)6-3-21/h2-9,16-18,25,39H,10-15,19-20H2.